The third-order valence-electron chi connectivity index (χ3n) is 9.76. The van der Waals surface area contributed by atoms with Crippen molar-refractivity contribution in [1.29, 1.82) is 0 Å². The topological polar surface area (TPSA) is 48.5 Å². The van der Waals surface area contributed by atoms with E-state index in [1.807, 2.05) is 36.4 Å². The summed E-state index contributed by atoms with van der Waals surface area (Å²) in [4.78, 5) is 15.6. The van der Waals surface area contributed by atoms with Crippen LogP contribution in [0.5, 0.6) is 0 Å². The average molecular weight is 666 g/mol. The van der Waals surface area contributed by atoms with Crippen LogP contribution in [0.1, 0.15) is 0 Å². The Bertz CT molecular complexity index is 2780. The Morgan fingerprint density at radius 3 is 1.58 bits per heavy atom. The van der Waals surface area contributed by atoms with E-state index in [2.05, 4.69) is 161 Å². The third-order valence-corrected chi connectivity index (χ3v) is 9.76. The van der Waals surface area contributed by atoms with Crippen molar-refractivity contribution in [3.8, 4) is 56.7 Å². The minimum absolute atomic E-state index is 0.682. The first-order chi connectivity index (χ1) is 25.8. The van der Waals surface area contributed by atoms with E-state index in [-0.39, 0.29) is 0 Å². The van der Waals surface area contributed by atoms with Crippen molar-refractivity contribution >= 4 is 32.8 Å². The summed E-state index contributed by atoms with van der Waals surface area (Å²) in [5, 5.41) is 2.42. The van der Waals surface area contributed by atoms with Gasteiger partial charge in [-0.2, -0.15) is 0 Å². The molecular formula is C47H31N5. The zero-order chi connectivity index (χ0) is 34.4. The molecule has 0 saturated carbocycles. The Morgan fingerprint density at radius 2 is 0.904 bits per heavy atom. The van der Waals surface area contributed by atoms with Crippen molar-refractivity contribution < 1.29 is 0 Å². The summed E-state index contributed by atoms with van der Waals surface area (Å²) in [5.74, 6) is 1.54. The zero-order valence-corrected chi connectivity index (χ0v) is 28.1. The summed E-state index contributed by atoms with van der Waals surface area (Å²) >= 11 is 0. The molecule has 7 aromatic carbocycles. The molecule has 0 aliphatic rings. The van der Waals surface area contributed by atoms with E-state index >= 15 is 0 Å². The fraction of sp³-hybridized carbons (Fsp3) is 0. The lowest BCUT2D eigenvalue weighted by Gasteiger charge is -2.17. The highest BCUT2D eigenvalue weighted by atomic mass is 15.1. The highest BCUT2D eigenvalue weighted by molar-refractivity contribution is 6.09. The van der Waals surface area contributed by atoms with Gasteiger partial charge in [-0.1, -0.05) is 133 Å². The molecule has 0 spiro atoms. The predicted octanol–water partition coefficient (Wildman–Crippen LogP) is 11.6. The number of rotatable bonds is 6. The van der Waals surface area contributed by atoms with Crippen molar-refractivity contribution in [3.05, 3.63) is 188 Å². The summed E-state index contributed by atoms with van der Waals surface area (Å²) in [5.41, 5.74) is 12.0. The van der Waals surface area contributed by atoms with Gasteiger partial charge in [-0.25, -0.2) is 15.0 Å². The van der Waals surface area contributed by atoms with Crippen LogP contribution < -0.4 is 0 Å². The SMILES string of the molecule is c1ccc(-c2cc(-c3ccc(-n4c5ccccc5c5ccccc54)c(-c4nc5ccccc5n4-c4ccccc4)c3)nc(-c3ccccc3)n2)cc1. The Balaban J connectivity index is 1.29. The number of nitrogens with zero attached hydrogens (tertiary/aromatic N) is 5. The lowest BCUT2D eigenvalue weighted by atomic mass is 10.0. The van der Waals surface area contributed by atoms with Gasteiger partial charge in [0.05, 0.1) is 39.1 Å². The van der Waals surface area contributed by atoms with E-state index in [0.717, 1.165) is 72.9 Å². The van der Waals surface area contributed by atoms with Crippen LogP contribution in [0, 0.1) is 0 Å². The molecule has 3 aromatic heterocycles. The molecule has 5 heteroatoms. The first-order valence-electron chi connectivity index (χ1n) is 17.5. The van der Waals surface area contributed by atoms with Crippen LogP contribution in [0.15, 0.2) is 188 Å². The van der Waals surface area contributed by atoms with Gasteiger partial charge < -0.3 is 4.57 Å². The molecule has 0 bridgehead atoms. The second kappa shape index (κ2) is 12.3. The monoisotopic (exact) mass is 665 g/mol. The van der Waals surface area contributed by atoms with E-state index in [9.17, 15) is 0 Å². The van der Waals surface area contributed by atoms with Crippen LogP contribution in [0.4, 0.5) is 0 Å². The van der Waals surface area contributed by atoms with E-state index in [4.69, 9.17) is 15.0 Å². The Morgan fingerprint density at radius 1 is 0.365 bits per heavy atom. The van der Waals surface area contributed by atoms with Crippen LogP contribution >= 0.6 is 0 Å². The van der Waals surface area contributed by atoms with E-state index in [1.54, 1.807) is 0 Å². The highest BCUT2D eigenvalue weighted by Crippen LogP contribution is 2.40. The summed E-state index contributed by atoms with van der Waals surface area (Å²) in [6, 6.07) is 65.4. The van der Waals surface area contributed by atoms with E-state index < -0.39 is 0 Å². The van der Waals surface area contributed by atoms with Crippen LogP contribution in [0.25, 0.3) is 89.5 Å². The molecule has 0 amide bonds. The van der Waals surface area contributed by atoms with Gasteiger partial charge >= 0.3 is 0 Å². The lowest BCUT2D eigenvalue weighted by Crippen LogP contribution is -2.03. The molecule has 3 heterocycles. The number of fused-ring (bicyclic) bond motifs is 4. The molecule has 0 unspecified atom stereocenters. The molecule has 5 nitrogen and oxygen atoms in total. The van der Waals surface area contributed by atoms with Gasteiger partial charge in [-0.05, 0) is 54.6 Å². The van der Waals surface area contributed by atoms with Gasteiger partial charge in [-0.15, -0.1) is 0 Å². The fourth-order valence-electron chi connectivity index (χ4n) is 7.36. The summed E-state index contributed by atoms with van der Waals surface area (Å²) in [6.45, 7) is 0. The third kappa shape index (κ3) is 4.98. The van der Waals surface area contributed by atoms with Gasteiger partial charge in [0, 0.05) is 38.7 Å². The number of hydrogen-bond acceptors (Lipinski definition) is 3. The quantitative estimate of drug-likeness (QED) is 0.178. The smallest absolute Gasteiger partial charge is 0.160 e. The van der Waals surface area contributed by atoms with Crippen LogP contribution in [-0.4, -0.2) is 24.1 Å². The van der Waals surface area contributed by atoms with Crippen molar-refractivity contribution in [3.63, 3.8) is 0 Å². The minimum Gasteiger partial charge on any atom is -0.309 e. The Labute approximate surface area is 300 Å². The standard InChI is InChI=1S/C47H31N5/c1-4-16-32(17-5-1)40-31-41(49-46(48-40)33-18-6-2-7-19-33)34-28-29-44(52-42-25-13-10-22-36(42)37-23-11-14-26-43(37)52)38(30-34)47-50-39-24-12-15-27-45(39)51(47)35-20-8-3-9-21-35/h1-31H. The van der Waals surface area contributed by atoms with Gasteiger partial charge in [0.1, 0.15) is 5.82 Å². The first-order valence-corrected chi connectivity index (χ1v) is 17.5. The minimum atomic E-state index is 0.682. The predicted molar refractivity (Wildman–Crippen MR) is 213 cm³/mol. The van der Waals surface area contributed by atoms with Crippen LogP contribution in [0.3, 0.4) is 0 Å². The molecule has 0 saturated heterocycles. The van der Waals surface area contributed by atoms with Crippen molar-refractivity contribution in [2.24, 2.45) is 0 Å². The molecule has 0 atom stereocenters. The zero-order valence-electron chi connectivity index (χ0n) is 28.1. The molecule has 10 aromatic rings. The summed E-state index contributed by atoms with van der Waals surface area (Å²) in [7, 11) is 0. The molecule has 10 rings (SSSR count). The van der Waals surface area contributed by atoms with Crippen LogP contribution in [0.2, 0.25) is 0 Å². The average Bonchev–Trinajstić information content (AvgIpc) is 3.78. The molecule has 244 valence electrons. The van der Waals surface area contributed by atoms with Gasteiger partial charge in [-0.3, -0.25) is 4.57 Å². The second-order valence-electron chi connectivity index (χ2n) is 12.9. The Kier molecular flexibility index (Phi) is 7.07. The van der Waals surface area contributed by atoms with E-state index in [1.165, 1.54) is 10.8 Å². The van der Waals surface area contributed by atoms with Crippen molar-refractivity contribution in [1.82, 2.24) is 24.1 Å². The summed E-state index contributed by atoms with van der Waals surface area (Å²) in [6.07, 6.45) is 0. The van der Waals surface area contributed by atoms with Crippen LogP contribution in [-0.2, 0) is 0 Å². The maximum atomic E-state index is 5.37. The molecule has 0 radical (unpaired) electrons. The van der Waals surface area contributed by atoms with Gasteiger partial charge in [0.2, 0.25) is 0 Å². The number of aromatic nitrogens is 5. The Hall–Kier alpha value is -7.11. The lowest BCUT2D eigenvalue weighted by molar-refractivity contribution is 1.09. The van der Waals surface area contributed by atoms with Crippen molar-refractivity contribution in [2.75, 3.05) is 0 Å². The molecule has 0 N–H and O–H groups in total. The largest absolute Gasteiger partial charge is 0.309 e. The maximum Gasteiger partial charge on any atom is 0.160 e. The molecule has 0 aliphatic carbocycles. The molecule has 0 aliphatic heterocycles. The number of para-hydroxylation sites is 5. The number of imidazole rings is 1. The molecule has 0 fully saturated rings. The fourth-order valence-corrected chi connectivity index (χ4v) is 7.36. The second-order valence-corrected chi connectivity index (χ2v) is 12.9. The first kappa shape index (κ1) is 29.8. The number of hydrogen-bond donors (Lipinski definition) is 0. The van der Waals surface area contributed by atoms with Crippen molar-refractivity contribution in [2.45, 2.75) is 0 Å². The maximum absolute atomic E-state index is 5.37. The van der Waals surface area contributed by atoms with Gasteiger partial charge in [0.25, 0.3) is 0 Å². The molecule has 52 heavy (non-hydrogen) atoms. The highest BCUT2D eigenvalue weighted by Gasteiger charge is 2.22. The van der Waals surface area contributed by atoms with E-state index in [0.29, 0.717) is 5.82 Å². The van der Waals surface area contributed by atoms with Gasteiger partial charge in [0.15, 0.2) is 5.82 Å². The normalized spacial score (nSPS) is 11.5. The molecular weight excluding hydrogens is 635 g/mol. The number of benzene rings is 7. The summed E-state index contributed by atoms with van der Waals surface area (Å²) < 4.78 is 4.65.